The molecular weight excluding hydrogens is 289 g/mol. The number of amides is 1. The van der Waals surface area contributed by atoms with E-state index in [0.29, 0.717) is 0 Å². The van der Waals surface area contributed by atoms with Gasteiger partial charge in [0.2, 0.25) is 0 Å². The van der Waals surface area contributed by atoms with Crippen LogP contribution in [0.4, 0.5) is 22.0 Å². The van der Waals surface area contributed by atoms with Crippen LogP contribution in [0.1, 0.15) is 5.56 Å². The Balaban J connectivity index is 2.60. The first-order valence-corrected chi connectivity index (χ1v) is 5.28. The zero-order chi connectivity index (χ0) is 15.3. The summed E-state index contributed by atoms with van der Waals surface area (Å²) in [5.74, 6) is -4.41. The first-order valence-electron chi connectivity index (χ1n) is 5.28. The maximum atomic E-state index is 13.3. The highest BCUT2D eigenvalue weighted by atomic mass is 19.4. The second kappa shape index (κ2) is 6.51. The van der Waals surface area contributed by atoms with Crippen molar-refractivity contribution >= 4 is 5.91 Å². The minimum Gasteiger partial charge on any atom is -0.478 e. The molecule has 0 saturated heterocycles. The van der Waals surface area contributed by atoms with Crippen molar-refractivity contribution in [1.82, 2.24) is 5.32 Å². The Labute approximate surface area is 110 Å². The van der Waals surface area contributed by atoms with Gasteiger partial charge in [-0.25, -0.2) is 8.78 Å². The van der Waals surface area contributed by atoms with E-state index in [0.717, 1.165) is 12.1 Å². The van der Waals surface area contributed by atoms with Gasteiger partial charge in [-0.2, -0.15) is 13.2 Å². The fraction of sp³-hybridized carbons (Fsp3) is 0.364. The number of carbonyl (C=O) groups excluding carboxylic acids is 1. The molecule has 0 fully saturated rings. The van der Waals surface area contributed by atoms with Gasteiger partial charge in [0.25, 0.3) is 5.91 Å². The highest BCUT2D eigenvalue weighted by Crippen LogP contribution is 2.23. The number of nitrogens with one attached hydrogen (secondary N) is 1. The fourth-order valence-corrected chi connectivity index (χ4v) is 1.23. The first-order chi connectivity index (χ1) is 9.23. The molecule has 0 radical (unpaired) electrons. The molecular formula is C11H10F5NO3. The van der Waals surface area contributed by atoms with Crippen molar-refractivity contribution in [2.45, 2.75) is 12.8 Å². The van der Waals surface area contributed by atoms with Crippen LogP contribution < -0.4 is 10.1 Å². The van der Waals surface area contributed by atoms with Crippen molar-refractivity contribution in [3.05, 3.63) is 29.3 Å². The number of hydrogen-bond acceptors (Lipinski definition) is 3. The summed E-state index contributed by atoms with van der Waals surface area (Å²) in [6.45, 7) is -3.13. The predicted molar refractivity (Wildman–Crippen MR) is 56.8 cm³/mol. The van der Waals surface area contributed by atoms with Crippen molar-refractivity contribution in [2.75, 3.05) is 13.2 Å². The molecule has 1 rings (SSSR count). The minimum atomic E-state index is -4.59. The molecule has 20 heavy (non-hydrogen) atoms. The van der Waals surface area contributed by atoms with E-state index < -0.39 is 49.2 Å². The number of hydrogen-bond donors (Lipinski definition) is 2. The van der Waals surface area contributed by atoms with Gasteiger partial charge in [-0.1, -0.05) is 0 Å². The molecule has 0 heterocycles. The van der Waals surface area contributed by atoms with Gasteiger partial charge >= 0.3 is 6.18 Å². The lowest BCUT2D eigenvalue weighted by Crippen LogP contribution is -2.36. The third kappa shape index (κ3) is 5.00. The summed E-state index contributed by atoms with van der Waals surface area (Å²) in [7, 11) is 0. The Hall–Kier alpha value is -1.90. The Morgan fingerprint density at radius 2 is 1.80 bits per heavy atom. The van der Waals surface area contributed by atoms with Gasteiger partial charge < -0.3 is 15.2 Å². The molecule has 0 saturated carbocycles. The zero-order valence-electron chi connectivity index (χ0n) is 9.93. The van der Waals surface area contributed by atoms with E-state index in [1.54, 1.807) is 0 Å². The molecule has 1 aromatic rings. The van der Waals surface area contributed by atoms with Crippen LogP contribution in [0.15, 0.2) is 12.1 Å². The monoisotopic (exact) mass is 299 g/mol. The molecule has 1 aromatic carbocycles. The van der Waals surface area contributed by atoms with Gasteiger partial charge in [-0.05, 0) is 17.7 Å². The van der Waals surface area contributed by atoms with E-state index in [1.807, 2.05) is 0 Å². The van der Waals surface area contributed by atoms with Crippen LogP contribution in [0, 0.1) is 11.6 Å². The third-order valence-corrected chi connectivity index (χ3v) is 2.07. The van der Waals surface area contributed by atoms with Crippen LogP contribution in [-0.4, -0.2) is 30.3 Å². The summed E-state index contributed by atoms with van der Waals surface area (Å²) in [5.41, 5.74) is -0.0473. The lowest BCUT2D eigenvalue weighted by molar-refractivity contribution is -0.139. The number of aliphatic hydroxyl groups is 1. The normalized spacial score (nSPS) is 11.3. The van der Waals surface area contributed by atoms with E-state index >= 15 is 0 Å². The third-order valence-electron chi connectivity index (χ3n) is 2.07. The molecule has 2 N–H and O–H groups in total. The summed E-state index contributed by atoms with van der Waals surface area (Å²) in [6.07, 6.45) is -4.59. The van der Waals surface area contributed by atoms with Gasteiger partial charge in [0, 0.05) is 0 Å². The maximum Gasteiger partial charge on any atom is 0.405 e. The van der Waals surface area contributed by atoms with Gasteiger partial charge in [-0.15, -0.1) is 0 Å². The molecule has 0 aliphatic carbocycles. The summed E-state index contributed by atoms with van der Waals surface area (Å²) in [6, 6.07) is 1.57. The number of alkyl halides is 3. The summed E-state index contributed by atoms with van der Waals surface area (Å²) >= 11 is 0. The van der Waals surface area contributed by atoms with E-state index in [9.17, 15) is 26.7 Å². The van der Waals surface area contributed by atoms with E-state index in [4.69, 9.17) is 5.11 Å². The summed E-state index contributed by atoms with van der Waals surface area (Å²) < 4.78 is 66.5. The molecule has 0 unspecified atom stereocenters. The Morgan fingerprint density at radius 3 is 2.25 bits per heavy atom. The second-order valence-corrected chi connectivity index (χ2v) is 3.73. The SMILES string of the molecule is O=C(COc1c(F)cc(CO)cc1F)NCC(F)(F)F. The number of aliphatic hydroxyl groups excluding tert-OH is 1. The molecule has 0 aromatic heterocycles. The van der Waals surface area contributed by atoms with Crippen molar-refractivity contribution < 1.29 is 36.6 Å². The van der Waals surface area contributed by atoms with E-state index in [1.165, 1.54) is 5.32 Å². The molecule has 1 amide bonds. The molecule has 112 valence electrons. The smallest absolute Gasteiger partial charge is 0.405 e. The summed E-state index contributed by atoms with van der Waals surface area (Å²) in [5, 5.41) is 10.2. The largest absolute Gasteiger partial charge is 0.478 e. The average molecular weight is 299 g/mol. The molecule has 0 spiro atoms. The predicted octanol–water partition coefficient (Wildman–Crippen LogP) is 1.51. The average Bonchev–Trinajstić information content (AvgIpc) is 2.34. The first kappa shape index (κ1) is 16.2. The second-order valence-electron chi connectivity index (χ2n) is 3.73. The van der Waals surface area contributed by atoms with Gasteiger partial charge in [0.1, 0.15) is 6.54 Å². The standard InChI is InChI=1S/C11H10F5NO3/c12-7-1-6(3-18)2-8(13)10(7)20-4-9(19)17-5-11(14,15)16/h1-2,18H,3-5H2,(H,17,19). The number of halogens is 5. The molecule has 0 atom stereocenters. The minimum absolute atomic E-state index is 0.0473. The quantitative estimate of drug-likeness (QED) is 0.810. The van der Waals surface area contributed by atoms with Crippen molar-refractivity contribution in [3.63, 3.8) is 0 Å². The number of benzene rings is 1. The number of ether oxygens (including phenoxy) is 1. The molecule has 9 heteroatoms. The van der Waals surface area contributed by atoms with Crippen LogP contribution in [0.3, 0.4) is 0 Å². The van der Waals surface area contributed by atoms with Crippen LogP contribution in [-0.2, 0) is 11.4 Å². The maximum absolute atomic E-state index is 13.3. The van der Waals surface area contributed by atoms with Crippen molar-refractivity contribution in [3.8, 4) is 5.75 Å². The Kier molecular flexibility index (Phi) is 5.26. The lowest BCUT2D eigenvalue weighted by atomic mass is 10.2. The lowest BCUT2D eigenvalue weighted by Gasteiger charge is -2.11. The zero-order valence-corrected chi connectivity index (χ0v) is 9.93. The van der Waals surface area contributed by atoms with Crippen molar-refractivity contribution in [2.24, 2.45) is 0 Å². The fourth-order valence-electron chi connectivity index (χ4n) is 1.23. The van der Waals surface area contributed by atoms with Gasteiger partial charge in [0.15, 0.2) is 24.0 Å². The topological polar surface area (TPSA) is 58.6 Å². The van der Waals surface area contributed by atoms with Gasteiger partial charge in [-0.3, -0.25) is 4.79 Å². The highest BCUT2D eigenvalue weighted by Gasteiger charge is 2.27. The van der Waals surface area contributed by atoms with Crippen molar-refractivity contribution in [1.29, 1.82) is 0 Å². The number of rotatable bonds is 5. The number of carbonyl (C=O) groups is 1. The van der Waals surface area contributed by atoms with Crippen LogP contribution in [0.25, 0.3) is 0 Å². The van der Waals surface area contributed by atoms with Crippen LogP contribution in [0.2, 0.25) is 0 Å². The van der Waals surface area contributed by atoms with Gasteiger partial charge in [0.05, 0.1) is 6.61 Å². The highest BCUT2D eigenvalue weighted by molar-refractivity contribution is 5.77. The Bertz CT molecular complexity index is 466. The van der Waals surface area contributed by atoms with Crippen LogP contribution in [0.5, 0.6) is 5.75 Å². The van der Waals surface area contributed by atoms with Crippen LogP contribution >= 0.6 is 0 Å². The molecule has 0 aliphatic rings. The molecule has 4 nitrogen and oxygen atoms in total. The molecule has 0 bridgehead atoms. The van der Waals surface area contributed by atoms with E-state index in [2.05, 4.69) is 4.74 Å². The van der Waals surface area contributed by atoms with E-state index in [-0.39, 0.29) is 5.56 Å². The summed E-state index contributed by atoms with van der Waals surface area (Å²) in [4.78, 5) is 11.0. The Morgan fingerprint density at radius 1 is 1.25 bits per heavy atom. The molecule has 0 aliphatic heterocycles.